The number of phenolic OH excluding ortho intramolecular Hbond substituents is 1. The number of nitrogens with zero attached hydrogens (tertiary/aromatic N) is 5. The van der Waals surface area contributed by atoms with E-state index in [1.807, 2.05) is 0 Å². The number of benzene rings is 2. The molecular weight excluding hydrogens is 1590 g/mol. The number of guanidine groups is 1. The number of nitrogens with two attached hydrogens (primary N) is 6. The zero-order valence-electron chi connectivity index (χ0n) is 68.0. The highest BCUT2D eigenvalue weighted by Gasteiger charge is 2.48. The molecule has 43 nitrogen and oxygen atoms in total. The zero-order valence-corrected chi connectivity index (χ0v) is 68.0. The normalized spacial score (nSPS) is 20.6. The minimum atomic E-state index is -1.66. The second kappa shape index (κ2) is 45.7. The summed E-state index contributed by atoms with van der Waals surface area (Å²) in [5, 5.41) is 54.6. The van der Waals surface area contributed by atoms with E-state index in [9.17, 15) is 91.7 Å². The Kier molecular flexibility index (Phi) is 35.5. The molecule has 0 spiro atoms. The fourth-order valence-electron chi connectivity index (χ4n) is 16.2. The van der Waals surface area contributed by atoms with Crippen molar-refractivity contribution < 1.29 is 101 Å². The fourth-order valence-corrected chi connectivity index (χ4v) is 16.2. The molecule has 43 heteroatoms. The van der Waals surface area contributed by atoms with E-state index in [1.54, 1.807) is 30.3 Å². The SMILES string of the molecule is N=C(N)NCCC[C@H](NC(=O)[C@H](Cc1ccccc1)NC(=O)[C@@H]1CCCN1)C(=O)N1CCC[C@H]1C(=O)N[C@@H](CCC(N)=O)C(=O)N[C@@H](CCC(N)=O)C(=O)N1CCC[C@H]1C(=O)N[C@@H](Cc1ccc(O)cc1)C(=O)N1CCC[C@H]1C(=O)N[C@@H](CCC(N)=O)C(=O)N1CCC[C@H]1C(=O)N[C@@H](CCC(N)=O)C(=O)N1CCC[C@H]1C(=O)N[C@@H](CCC(N)=O)C(=O)O. The van der Waals surface area contributed by atoms with E-state index >= 15 is 9.59 Å². The Morgan fingerprint density at radius 2 is 0.680 bits per heavy atom. The number of rotatable bonds is 45. The van der Waals surface area contributed by atoms with Crippen LogP contribution in [0.1, 0.15) is 165 Å². The first-order valence-corrected chi connectivity index (χ1v) is 41.3. The molecule has 0 saturated carbocycles. The van der Waals surface area contributed by atoms with E-state index in [-0.39, 0.29) is 160 Å². The number of likely N-dealkylation sites (tertiary alicyclic amines) is 5. The Labute approximate surface area is 703 Å². The molecule has 6 aliphatic rings. The summed E-state index contributed by atoms with van der Waals surface area (Å²) >= 11 is 0. The number of hydrogen-bond donors (Lipinski definition) is 19. The molecule has 14 atom stereocenters. The molecule has 2 aromatic carbocycles. The number of aromatic hydroxyl groups is 1. The molecule has 8 rings (SSSR count). The molecule has 0 aliphatic carbocycles. The average Bonchev–Trinajstić information content (AvgIpc) is 1.62. The van der Waals surface area contributed by atoms with Gasteiger partial charge >= 0.3 is 5.97 Å². The van der Waals surface area contributed by atoms with Gasteiger partial charge in [0, 0.05) is 84.2 Å². The number of nitrogens with one attached hydrogen (secondary N) is 11. The maximum Gasteiger partial charge on any atom is 0.326 e. The van der Waals surface area contributed by atoms with Crippen LogP contribution in [0.25, 0.3) is 0 Å². The van der Waals surface area contributed by atoms with Crippen molar-refractivity contribution in [2.45, 2.75) is 252 Å². The van der Waals surface area contributed by atoms with Crippen LogP contribution in [-0.2, 0) is 104 Å². The summed E-state index contributed by atoms with van der Waals surface area (Å²) in [4.78, 5) is 268. The van der Waals surface area contributed by atoms with Gasteiger partial charge in [0.1, 0.15) is 84.3 Å². The van der Waals surface area contributed by atoms with Crippen molar-refractivity contribution in [3.05, 3.63) is 65.7 Å². The molecule has 6 heterocycles. The Hall–Kier alpha value is -12.6. The third-order valence-corrected chi connectivity index (χ3v) is 22.6. The first kappa shape index (κ1) is 94.9. The number of carbonyl (C=O) groups excluding carboxylic acids is 18. The predicted octanol–water partition coefficient (Wildman–Crippen LogP) is -6.56. The number of carbonyl (C=O) groups is 19. The number of carboxylic acids is 1. The van der Waals surface area contributed by atoms with Gasteiger partial charge in [-0.25, -0.2) is 4.79 Å². The first-order chi connectivity index (χ1) is 58.1. The Balaban J connectivity index is 0.962. The van der Waals surface area contributed by atoms with Crippen LogP contribution in [0, 0.1) is 5.41 Å². The molecule has 6 saturated heterocycles. The van der Waals surface area contributed by atoms with E-state index < -0.39 is 242 Å². The van der Waals surface area contributed by atoms with Gasteiger partial charge in [-0.3, -0.25) is 91.7 Å². The summed E-state index contributed by atoms with van der Waals surface area (Å²) in [6.45, 7) is 0.385. The van der Waals surface area contributed by atoms with Crippen molar-refractivity contribution in [3.63, 3.8) is 0 Å². The lowest BCUT2D eigenvalue weighted by Gasteiger charge is -2.33. The van der Waals surface area contributed by atoms with Gasteiger partial charge in [-0.2, -0.15) is 0 Å². The Morgan fingerprint density at radius 3 is 1.05 bits per heavy atom. The number of carboxylic acid groups (broad SMARTS) is 1. The lowest BCUT2D eigenvalue weighted by Crippen LogP contribution is -2.60. The number of amides is 18. The molecule has 0 aromatic heterocycles. The van der Waals surface area contributed by atoms with Crippen LogP contribution >= 0.6 is 0 Å². The molecule has 2 aromatic rings. The second-order valence-corrected chi connectivity index (χ2v) is 31.5. The van der Waals surface area contributed by atoms with E-state index in [4.69, 9.17) is 39.8 Å². The maximum absolute atomic E-state index is 15.3. The summed E-state index contributed by atoms with van der Waals surface area (Å²) in [7, 11) is 0. The van der Waals surface area contributed by atoms with Gasteiger partial charge in [-0.05, 0) is 152 Å². The molecule has 6 aliphatic heterocycles. The summed E-state index contributed by atoms with van der Waals surface area (Å²) in [6.07, 6.45) is -1.94. The van der Waals surface area contributed by atoms with E-state index in [0.717, 1.165) is 21.1 Å². The quantitative estimate of drug-likeness (QED) is 0.0167. The maximum atomic E-state index is 15.3. The topological polar surface area (TPSA) is 681 Å². The summed E-state index contributed by atoms with van der Waals surface area (Å²) in [5.74, 6) is -17.1. The van der Waals surface area contributed by atoms with Crippen molar-refractivity contribution in [1.82, 2.24) is 77.7 Å². The van der Waals surface area contributed by atoms with Crippen LogP contribution in [0.15, 0.2) is 54.6 Å². The summed E-state index contributed by atoms with van der Waals surface area (Å²) in [6, 6.07) is -4.69. The number of primary amides is 5. The van der Waals surface area contributed by atoms with Crippen molar-refractivity contribution >= 4 is 118 Å². The number of aliphatic carboxylic acids is 1. The Morgan fingerprint density at radius 1 is 0.369 bits per heavy atom. The third kappa shape index (κ3) is 27.5. The lowest BCUT2D eigenvalue weighted by atomic mass is 10.0. The van der Waals surface area contributed by atoms with Gasteiger partial charge in [-0.15, -0.1) is 0 Å². The highest BCUT2D eigenvalue weighted by Crippen LogP contribution is 2.28. The van der Waals surface area contributed by atoms with E-state index in [1.165, 1.54) is 34.1 Å². The third-order valence-electron chi connectivity index (χ3n) is 22.6. The molecule has 0 bridgehead atoms. The summed E-state index contributed by atoms with van der Waals surface area (Å²) < 4.78 is 0. The smallest absolute Gasteiger partial charge is 0.326 e. The molecule has 666 valence electrons. The summed E-state index contributed by atoms with van der Waals surface area (Å²) in [5.41, 5.74) is 34.1. The fraction of sp³-hybridized carbons (Fsp3) is 0.595. The second-order valence-electron chi connectivity index (χ2n) is 31.5. The first-order valence-electron chi connectivity index (χ1n) is 41.3. The average molecular weight is 1710 g/mol. The van der Waals surface area contributed by atoms with Crippen LogP contribution in [-0.4, -0.2) is 283 Å². The largest absolute Gasteiger partial charge is 0.508 e. The molecule has 0 radical (unpaired) electrons. The minimum absolute atomic E-state index is 0.0000591. The van der Waals surface area contributed by atoms with Gasteiger partial charge in [-0.1, -0.05) is 42.5 Å². The highest BCUT2D eigenvalue weighted by atomic mass is 16.4. The minimum Gasteiger partial charge on any atom is -0.508 e. The molecule has 0 unspecified atom stereocenters. The van der Waals surface area contributed by atoms with Gasteiger partial charge in [0.05, 0.1) is 6.04 Å². The van der Waals surface area contributed by atoms with Crippen LogP contribution in [0.5, 0.6) is 5.75 Å². The molecule has 18 amide bonds. The van der Waals surface area contributed by atoms with Gasteiger partial charge in [0.25, 0.3) is 0 Å². The van der Waals surface area contributed by atoms with Crippen LogP contribution in [0.3, 0.4) is 0 Å². The highest BCUT2D eigenvalue weighted by molar-refractivity contribution is 6.01. The molecule has 122 heavy (non-hydrogen) atoms. The van der Waals surface area contributed by atoms with Crippen molar-refractivity contribution in [3.8, 4) is 5.75 Å². The zero-order chi connectivity index (χ0) is 89.0. The van der Waals surface area contributed by atoms with Gasteiger partial charge in [0.2, 0.25) is 106 Å². The molecular formula is C79H114N22O21. The lowest BCUT2D eigenvalue weighted by molar-refractivity contribution is -0.146. The standard InChI is InChI=1S/C79H114N22O21/c80-60(103)29-24-47(89-68(111)55-15-6-36-97(55)73(116)48(14-5-35-88-79(85)86)90-67(110)53(41-43-11-2-1-3-12-43)95-65(108)46-13-4-34-87-46)66(109)91-49(25-30-61(81)104)74(117)100-39-9-19-59(100)72(115)96-54(42-44-20-22-45(102)23-21-44)77(120)101-40-10-17-57(101)70(113)93-50(26-31-62(82)105)75(118)98-37-7-16-56(98)69(112)92-51(27-32-63(83)106)76(119)99-38-8-18-58(99)71(114)94-52(78(121)122)28-33-64(84)107/h1-3,11-12,20-23,46-59,87,102H,4-10,13-19,24-42H2,(H2,80,103)(H2,81,104)(H2,82,105)(H2,83,106)(H2,84,107)(H,89,111)(H,90,110)(H,91,109)(H,92,112)(H,93,113)(H,94,114)(H,95,108)(H,96,115)(H,121,122)(H4,85,86,88)/t46-,47-,48-,49-,50-,51-,52-,53-,54-,55-,56-,57-,58-,59-/m0/s1. The van der Waals surface area contributed by atoms with Gasteiger partial charge in [0.15, 0.2) is 5.96 Å². The van der Waals surface area contributed by atoms with E-state index in [0.29, 0.717) is 24.1 Å². The Bertz CT molecular complexity index is 4190. The van der Waals surface area contributed by atoms with Crippen LogP contribution in [0.4, 0.5) is 0 Å². The van der Waals surface area contributed by atoms with Crippen molar-refractivity contribution in [1.29, 1.82) is 5.41 Å². The van der Waals surface area contributed by atoms with Crippen molar-refractivity contribution in [2.24, 2.45) is 34.4 Å². The van der Waals surface area contributed by atoms with Gasteiger partial charge < -0.3 is 122 Å². The van der Waals surface area contributed by atoms with Crippen LogP contribution in [0.2, 0.25) is 0 Å². The number of hydrogen-bond acceptors (Lipinski definition) is 22. The predicted molar refractivity (Wildman–Crippen MR) is 431 cm³/mol. The molecule has 6 fully saturated rings. The monoisotopic (exact) mass is 1710 g/mol. The molecule has 25 N–H and O–H groups in total. The number of phenols is 1. The van der Waals surface area contributed by atoms with Crippen molar-refractivity contribution in [2.75, 3.05) is 45.8 Å². The van der Waals surface area contributed by atoms with E-state index in [2.05, 4.69) is 53.2 Å². The van der Waals surface area contributed by atoms with Crippen LogP contribution < -0.4 is 87.6 Å².